The van der Waals surface area contributed by atoms with Gasteiger partial charge in [-0.3, -0.25) is 0 Å². The molecule has 84 valence electrons. The number of hydrogen-bond donors (Lipinski definition) is 1. The van der Waals surface area contributed by atoms with Gasteiger partial charge in [-0.05, 0) is 52.9 Å². The van der Waals surface area contributed by atoms with Crippen molar-refractivity contribution in [1.29, 1.82) is 0 Å². The van der Waals surface area contributed by atoms with Gasteiger partial charge in [0.1, 0.15) is 11.6 Å². The number of imidazole rings is 1. The molecule has 2 nitrogen and oxygen atoms in total. The molecule has 0 saturated carbocycles. The van der Waals surface area contributed by atoms with E-state index >= 15 is 0 Å². The summed E-state index contributed by atoms with van der Waals surface area (Å²) in [5.74, 6) is 0.312. The fraction of sp³-hybridized carbons (Fsp3) is 0. The van der Waals surface area contributed by atoms with Crippen LogP contribution in [0.3, 0.4) is 0 Å². The van der Waals surface area contributed by atoms with Crippen molar-refractivity contribution < 1.29 is 4.39 Å². The number of aromatic nitrogens is 2. The topological polar surface area (TPSA) is 28.7 Å². The van der Waals surface area contributed by atoms with E-state index < -0.39 is 0 Å². The van der Waals surface area contributed by atoms with Gasteiger partial charge in [0.15, 0.2) is 0 Å². The van der Waals surface area contributed by atoms with Gasteiger partial charge in [0.25, 0.3) is 0 Å². The first-order valence-corrected chi connectivity index (χ1v) is 6.22. The molecule has 0 atom stereocenters. The molecule has 0 spiro atoms. The van der Waals surface area contributed by atoms with Crippen LogP contribution in [-0.4, -0.2) is 9.97 Å². The summed E-state index contributed by atoms with van der Waals surface area (Å²) in [4.78, 5) is 7.51. The summed E-state index contributed by atoms with van der Waals surface area (Å²) in [5, 5.41) is 0. The zero-order chi connectivity index (χ0) is 11.8. The van der Waals surface area contributed by atoms with E-state index in [0.29, 0.717) is 11.4 Å². The third-order valence-corrected chi connectivity index (χ3v) is 3.24. The number of nitrogens with one attached hydrogen (secondary N) is 1. The van der Waals surface area contributed by atoms with Crippen molar-refractivity contribution in [3.8, 4) is 11.4 Å². The van der Waals surface area contributed by atoms with E-state index in [0.717, 1.165) is 14.6 Å². The van der Waals surface area contributed by atoms with Crippen molar-refractivity contribution in [3.63, 3.8) is 0 Å². The summed E-state index contributed by atoms with van der Waals surface area (Å²) in [6.45, 7) is 0. The molecular weight excluding hydrogens is 330 g/mol. The first-order valence-electron chi connectivity index (χ1n) is 5.14. The van der Waals surface area contributed by atoms with Gasteiger partial charge >= 0.3 is 0 Å². The SMILES string of the molecule is Fc1ccc(I)cc1-c1nc2ccccc2[nH]1. The highest BCUT2D eigenvalue weighted by atomic mass is 127. The van der Waals surface area contributed by atoms with Gasteiger partial charge in [0.05, 0.1) is 16.6 Å². The minimum Gasteiger partial charge on any atom is -0.338 e. The van der Waals surface area contributed by atoms with Crippen molar-refractivity contribution in [2.24, 2.45) is 0 Å². The van der Waals surface area contributed by atoms with Crippen molar-refractivity contribution in [2.75, 3.05) is 0 Å². The van der Waals surface area contributed by atoms with Gasteiger partial charge in [0.2, 0.25) is 0 Å². The van der Waals surface area contributed by atoms with Crippen molar-refractivity contribution in [1.82, 2.24) is 9.97 Å². The number of para-hydroxylation sites is 2. The van der Waals surface area contributed by atoms with Crippen LogP contribution in [-0.2, 0) is 0 Å². The van der Waals surface area contributed by atoms with Gasteiger partial charge < -0.3 is 4.98 Å². The largest absolute Gasteiger partial charge is 0.338 e. The van der Waals surface area contributed by atoms with Crippen LogP contribution in [0, 0.1) is 9.39 Å². The number of aromatic amines is 1. The van der Waals surface area contributed by atoms with Crippen LogP contribution in [0.4, 0.5) is 4.39 Å². The molecule has 0 bridgehead atoms. The fourth-order valence-electron chi connectivity index (χ4n) is 1.76. The molecule has 1 aromatic heterocycles. The Morgan fingerprint density at radius 1 is 1.12 bits per heavy atom. The van der Waals surface area contributed by atoms with E-state index in [-0.39, 0.29) is 5.82 Å². The molecule has 0 fully saturated rings. The number of nitrogens with zero attached hydrogens (tertiary/aromatic N) is 1. The summed E-state index contributed by atoms with van der Waals surface area (Å²) < 4.78 is 14.7. The molecule has 0 aliphatic heterocycles. The quantitative estimate of drug-likeness (QED) is 0.668. The van der Waals surface area contributed by atoms with E-state index in [1.807, 2.05) is 24.3 Å². The number of H-pyrrole nitrogens is 1. The van der Waals surface area contributed by atoms with E-state index in [4.69, 9.17) is 0 Å². The van der Waals surface area contributed by atoms with Crippen LogP contribution in [0.5, 0.6) is 0 Å². The van der Waals surface area contributed by atoms with Crippen molar-refractivity contribution in [2.45, 2.75) is 0 Å². The maximum atomic E-state index is 13.7. The summed E-state index contributed by atoms with van der Waals surface area (Å²) >= 11 is 2.16. The van der Waals surface area contributed by atoms with Crippen molar-refractivity contribution in [3.05, 3.63) is 51.9 Å². The molecule has 3 rings (SSSR count). The average molecular weight is 338 g/mol. The highest BCUT2D eigenvalue weighted by Crippen LogP contribution is 2.24. The summed E-state index contributed by atoms with van der Waals surface area (Å²) in [6, 6.07) is 12.7. The lowest BCUT2D eigenvalue weighted by Gasteiger charge is -1.99. The maximum absolute atomic E-state index is 13.7. The Hall–Kier alpha value is -1.43. The Labute approximate surface area is 111 Å². The van der Waals surface area contributed by atoms with E-state index in [9.17, 15) is 4.39 Å². The molecule has 0 unspecified atom stereocenters. The maximum Gasteiger partial charge on any atom is 0.141 e. The van der Waals surface area contributed by atoms with E-state index in [2.05, 4.69) is 32.6 Å². The number of fused-ring (bicyclic) bond motifs is 1. The molecule has 4 heteroatoms. The molecule has 0 aliphatic carbocycles. The molecule has 0 aliphatic rings. The molecule has 1 N–H and O–H groups in total. The number of hydrogen-bond acceptors (Lipinski definition) is 1. The Morgan fingerprint density at radius 2 is 1.94 bits per heavy atom. The van der Waals surface area contributed by atoms with E-state index in [1.54, 1.807) is 12.1 Å². The first-order chi connectivity index (χ1) is 8.24. The summed E-state index contributed by atoms with van der Waals surface area (Å²) in [5.41, 5.74) is 2.27. The van der Waals surface area contributed by atoms with Gasteiger partial charge in [-0.15, -0.1) is 0 Å². The van der Waals surface area contributed by atoms with Crippen LogP contribution in [0.25, 0.3) is 22.4 Å². The van der Waals surface area contributed by atoms with Gasteiger partial charge in [-0.1, -0.05) is 12.1 Å². The number of rotatable bonds is 1. The second kappa shape index (κ2) is 4.10. The first kappa shape index (κ1) is 10.7. The lowest BCUT2D eigenvalue weighted by Crippen LogP contribution is -1.87. The van der Waals surface area contributed by atoms with Crippen LogP contribution < -0.4 is 0 Å². The predicted octanol–water partition coefficient (Wildman–Crippen LogP) is 3.97. The Balaban J connectivity index is 2.23. The smallest absolute Gasteiger partial charge is 0.141 e. The van der Waals surface area contributed by atoms with Crippen LogP contribution in [0.2, 0.25) is 0 Å². The highest BCUT2D eigenvalue weighted by Gasteiger charge is 2.10. The molecular formula is C13H8FIN2. The number of benzene rings is 2. The normalized spacial score (nSPS) is 10.9. The molecule has 17 heavy (non-hydrogen) atoms. The molecule has 0 radical (unpaired) electrons. The van der Waals surface area contributed by atoms with Crippen LogP contribution in [0.15, 0.2) is 42.5 Å². The zero-order valence-electron chi connectivity index (χ0n) is 8.74. The van der Waals surface area contributed by atoms with Crippen LogP contribution in [0.1, 0.15) is 0 Å². The molecule has 0 amide bonds. The second-order valence-corrected chi connectivity index (χ2v) is 4.97. The Morgan fingerprint density at radius 3 is 2.76 bits per heavy atom. The van der Waals surface area contributed by atoms with Gasteiger partial charge in [0, 0.05) is 3.57 Å². The Bertz CT molecular complexity index is 658. The van der Waals surface area contributed by atoms with E-state index in [1.165, 1.54) is 6.07 Å². The summed E-state index contributed by atoms with van der Waals surface area (Å²) in [7, 11) is 0. The minimum atomic E-state index is -0.260. The number of halogens is 2. The third kappa shape index (κ3) is 1.93. The molecule has 0 saturated heterocycles. The summed E-state index contributed by atoms with van der Waals surface area (Å²) in [6.07, 6.45) is 0. The van der Waals surface area contributed by atoms with Crippen molar-refractivity contribution >= 4 is 33.6 Å². The standard InChI is InChI=1S/C13H8FIN2/c14-10-6-5-8(15)7-9(10)13-16-11-3-1-2-4-12(11)17-13/h1-7H,(H,16,17). The van der Waals surface area contributed by atoms with Gasteiger partial charge in [-0.25, -0.2) is 9.37 Å². The monoisotopic (exact) mass is 338 g/mol. The lowest BCUT2D eigenvalue weighted by atomic mass is 10.2. The molecule has 3 aromatic rings. The second-order valence-electron chi connectivity index (χ2n) is 3.73. The van der Waals surface area contributed by atoms with Gasteiger partial charge in [-0.2, -0.15) is 0 Å². The lowest BCUT2D eigenvalue weighted by molar-refractivity contribution is 0.630. The zero-order valence-corrected chi connectivity index (χ0v) is 10.9. The predicted molar refractivity (Wildman–Crippen MR) is 74.2 cm³/mol. The molecule has 1 heterocycles. The molecule has 2 aromatic carbocycles. The highest BCUT2D eigenvalue weighted by molar-refractivity contribution is 14.1. The fourth-order valence-corrected chi connectivity index (χ4v) is 2.25. The Kier molecular flexibility index (Phi) is 2.58. The third-order valence-electron chi connectivity index (χ3n) is 2.57. The van der Waals surface area contributed by atoms with Crippen LogP contribution >= 0.6 is 22.6 Å². The minimum absolute atomic E-state index is 0.260. The average Bonchev–Trinajstić information content (AvgIpc) is 2.75.